The minimum absolute atomic E-state index is 0.212. The number of aliphatic hydroxyl groups is 1. The van der Waals surface area contributed by atoms with Crippen LogP contribution in [0.4, 0.5) is 0 Å². The quantitative estimate of drug-likeness (QED) is 0.631. The number of carbonyl (C=O) groups excluding carboxylic acids is 1. The van der Waals surface area contributed by atoms with Crippen LogP contribution in [0.1, 0.15) is 16.2 Å². The van der Waals surface area contributed by atoms with Crippen LogP contribution in [0.3, 0.4) is 0 Å². The maximum absolute atomic E-state index is 10.9. The zero-order valence-corrected chi connectivity index (χ0v) is 6.94. The molecule has 1 aromatic rings. The van der Waals surface area contributed by atoms with Gasteiger partial charge in [0.1, 0.15) is 6.73 Å². The summed E-state index contributed by atoms with van der Waals surface area (Å²) >= 11 is 0. The Bertz CT molecular complexity index is 293. The van der Waals surface area contributed by atoms with Gasteiger partial charge in [-0.2, -0.15) is 5.10 Å². The molecular weight excluding hydrogens is 160 g/mol. The molecule has 1 heterocycles. The molecule has 0 unspecified atom stereocenters. The van der Waals surface area contributed by atoms with E-state index < -0.39 is 5.97 Å². The van der Waals surface area contributed by atoms with Gasteiger partial charge in [0.25, 0.3) is 0 Å². The van der Waals surface area contributed by atoms with Crippen molar-refractivity contribution >= 4 is 5.97 Å². The maximum Gasteiger partial charge on any atom is 0.358 e. The van der Waals surface area contributed by atoms with Crippen molar-refractivity contribution in [1.29, 1.82) is 0 Å². The molecule has 0 saturated heterocycles. The lowest BCUT2D eigenvalue weighted by Crippen LogP contribution is -2.05. The number of esters is 1. The van der Waals surface area contributed by atoms with Crippen molar-refractivity contribution < 1.29 is 14.6 Å². The van der Waals surface area contributed by atoms with E-state index in [1.807, 2.05) is 0 Å². The molecule has 0 saturated carbocycles. The third kappa shape index (κ3) is 1.45. The fourth-order valence-corrected chi connectivity index (χ4v) is 0.858. The van der Waals surface area contributed by atoms with Gasteiger partial charge in [0.15, 0.2) is 5.69 Å². The van der Waals surface area contributed by atoms with Gasteiger partial charge in [0, 0.05) is 5.69 Å². The Hall–Kier alpha value is -1.36. The van der Waals surface area contributed by atoms with E-state index in [1.54, 1.807) is 13.0 Å². The summed E-state index contributed by atoms with van der Waals surface area (Å²) in [5.74, 6) is -0.495. The van der Waals surface area contributed by atoms with Crippen LogP contribution in [0.15, 0.2) is 6.07 Å². The molecule has 0 aliphatic carbocycles. The molecule has 5 heteroatoms. The summed E-state index contributed by atoms with van der Waals surface area (Å²) in [6.07, 6.45) is 0. The van der Waals surface area contributed by atoms with Crippen LogP contribution in [-0.4, -0.2) is 28.0 Å². The van der Waals surface area contributed by atoms with Gasteiger partial charge < -0.3 is 9.84 Å². The molecule has 5 nitrogen and oxygen atoms in total. The fraction of sp³-hybridized carbons (Fsp3) is 0.429. The molecule has 0 amide bonds. The number of ether oxygens (including phenoxy) is 1. The Kier molecular flexibility index (Phi) is 2.44. The van der Waals surface area contributed by atoms with E-state index in [0.29, 0.717) is 0 Å². The van der Waals surface area contributed by atoms with Crippen molar-refractivity contribution in [2.24, 2.45) is 0 Å². The van der Waals surface area contributed by atoms with Crippen LogP contribution in [-0.2, 0) is 11.5 Å². The summed E-state index contributed by atoms with van der Waals surface area (Å²) in [6, 6.07) is 1.56. The first-order chi connectivity index (χ1) is 5.69. The SMILES string of the molecule is COC(=O)c1cc(C)n(CO)n1. The highest BCUT2D eigenvalue weighted by Gasteiger charge is 2.11. The number of aliphatic hydroxyl groups excluding tert-OH is 1. The Labute approximate surface area is 69.6 Å². The van der Waals surface area contributed by atoms with Crippen molar-refractivity contribution in [2.45, 2.75) is 13.7 Å². The lowest BCUT2D eigenvalue weighted by Gasteiger charge is -1.95. The first kappa shape index (κ1) is 8.73. The highest BCUT2D eigenvalue weighted by atomic mass is 16.5. The number of aryl methyl sites for hydroxylation is 1. The number of carbonyl (C=O) groups is 1. The van der Waals surface area contributed by atoms with E-state index in [4.69, 9.17) is 5.11 Å². The van der Waals surface area contributed by atoms with Gasteiger partial charge >= 0.3 is 5.97 Å². The largest absolute Gasteiger partial charge is 0.464 e. The Balaban J connectivity index is 2.96. The average Bonchev–Trinajstić information content (AvgIpc) is 2.45. The van der Waals surface area contributed by atoms with Gasteiger partial charge in [0.05, 0.1) is 7.11 Å². The number of nitrogens with zero attached hydrogens (tertiary/aromatic N) is 2. The van der Waals surface area contributed by atoms with E-state index >= 15 is 0 Å². The van der Waals surface area contributed by atoms with Crippen molar-refractivity contribution in [3.05, 3.63) is 17.5 Å². The summed E-state index contributed by atoms with van der Waals surface area (Å²) < 4.78 is 5.76. The van der Waals surface area contributed by atoms with E-state index in [9.17, 15) is 4.79 Å². The lowest BCUT2D eigenvalue weighted by molar-refractivity contribution is 0.0591. The molecule has 1 rings (SSSR count). The average molecular weight is 170 g/mol. The molecule has 0 aromatic carbocycles. The topological polar surface area (TPSA) is 64.3 Å². The van der Waals surface area contributed by atoms with Gasteiger partial charge in [-0.3, -0.25) is 0 Å². The predicted octanol–water partition coefficient (Wildman–Crippen LogP) is -0.0721. The molecule has 66 valence electrons. The highest BCUT2D eigenvalue weighted by molar-refractivity contribution is 5.87. The molecular formula is C7H10N2O3. The van der Waals surface area contributed by atoms with Gasteiger partial charge in [-0.25, -0.2) is 9.48 Å². The maximum atomic E-state index is 10.9. The van der Waals surface area contributed by atoms with Crippen LogP contribution < -0.4 is 0 Å². The zero-order chi connectivity index (χ0) is 9.14. The summed E-state index contributed by atoms with van der Waals surface area (Å²) in [4.78, 5) is 10.9. The van der Waals surface area contributed by atoms with Crippen molar-refractivity contribution in [3.63, 3.8) is 0 Å². The van der Waals surface area contributed by atoms with Crippen LogP contribution in [0.5, 0.6) is 0 Å². The summed E-state index contributed by atoms with van der Waals surface area (Å²) in [7, 11) is 1.29. The molecule has 0 bridgehead atoms. The number of methoxy groups -OCH3 is 1. The predicted molar refractivity (Wildman–Crippen MR) is 40.5 cm³/mol. The third-order valence-corrected chi connectivity index (χ3v) is 1.51. The third-order valence-electron chi connectivity index (χ3n) is 1.51. The monoisotopic (exact) mass is 170 g/mol. The van der Waals surface area contributed by atoms with Crippen LogP contribution in [0.25, 0.3) is 0 Å². The molecule has 12 heavy (non-hydrogen) atoms. The second kappa shape index (κ2) is 3.36. The first-order valence-corrected chi connectivity index (χ1v) is 3.42. The minimum Gasteiger partial charge on any atom is -0.464 e. The van der Waals surface area contributed by atoms with Gasteiger partial charge in [-0.1, -0.05) is 0 Å². The second-order valence-corrected chi connectivity index (χ2v) is 2.30. The van der Waals surface area contributed by atoms with Gasteiger partial charge in [-0.15, -0.1) is 0 Å². The van der Waals surface area contributed by atoms with Crippen molar-refractivity contribution in [1.82, 2.24) is 9.78 Å². The number of aromatic nitrogens is 2. The van der Waals surface area contributed by atoms with Crippen molar-refractivity contribution in [2.75, 3.05) is 7.11 Å². The number of rotatable bonds is 2. The summed E-state index contributed by atoms with van der Waals surface area (Å²) in [5.41, 5.74) is 0.932. The molecule has 0 fully saturated rings. The first-order valence-electron chi connectivity index (χ1n) is 3.42. The minimum atomic E-state index is -0.495. The standard InChI is InChI=1S/C7H10N2O3/c1-5-3-6(7(11)12-2)8-9(5)4-10/h3,10H,4H2,1-2H3. The normalized spacial score (nSPS) is 9.92. The lowest BCUT2D eigenvalue weighted by atomic mass is 10.4. The molecule has 0 spiro atoms. The van der Waals surface area contributed by atoms with Gasteiger partial charge in [0.2, 0.25) is 0 Å². The molecule has 1 aromatic heterocycles. The van der Waals surface area contributed by atoms with E-state index in [2.05, 4.69) is 9.84 Å². The van der Waals surface area contributed by atoms with Crippen LogP contribution in [0, 0.1) is 6.92 Å². The van der Waals surface area contributed by atoms with Crippen LogP contribution >= 0.6 is 0 Å². The second-order valence-electron chi connectivity index (χ2n) is 2.30. The molecule has 1 N–H and O–H groups in total. The highest BCUT2D eigenvalue weighted by Crippen LogP contribution is 2.03. The number of hydrogen-bond donors (Lipinski definition) is 1. The summed E-state index contributed by atoms with van der Waals surface area (Å²) in [6.45, 7) is 1.51. The molecule has 0 radical (unpaired) electrons. The van der Waals surface area contributed by atoms with E-state index in [0.717, 1.165) is 5.69 Å². The van der Waals surface area contributed by atoms with Crippen molar-refractivity contribution in [3.8, 4) is 0 Å². The fourth-order valence-electron chi connectivity index (χ4n) is 0.858. The summed E-state index contributed by atoms with van der Waals surface area (Å²) in [5, 5.41) is 12.5. The smallest absolute Gasteiger partial charge is 0.358 e. The Morgan fingerprint density at radius 2 is 2.50 bits per heavy atom. The Morgan fingerprint density at radius 3 is 2.92 bits per heavy atom. The molecule has 0 aliphatic rings. The van der Waals surface area contributed by atoms with Crippen LogP contribution in [0.2, 0.25) is 0 Å². The zero-order valence-electron chi connectivity index (χ0n) is 6.94. The van der Waals surface area contributed by atoms with E-state index in [1.165, 1.54) is 11.8 Å². The Morgan fingerprint density at radius 1 is 1.83 bits per heavy atom. The van der Waals surface area contributed by atoms with E-state index in [-0.39, 0.29) is 12.4 Å². The van der Waals surface area contributed by atoms with Gasteiger partial charge in [-0.05, 0) is 13.0 Å². The number of hydrogen-bond acceptors (Lipinski definition) is 4. The molecule has 0 aliphatic heterocycles. The molecule has 0 atom stereocenters.